The summed E-state index contributed by atoms with van der Waals surface area (Å²) in [5.41, 5.74) is 3.42. The Balaban J connectivity index is 2.66. The van der Waals surface area contributed by atoms with E-state index in [4.69, 9.17) is 5.26 Å². The molecule has 0 atom stereocenters. The first kappa shape index (κ1) is 12.8. The lowest BCUT2D eigenvalue weighted by molar-refractivity contribution is 0.861. The molecule has 0 spiro atoms. The summed E-state index contributed by atoms with van der Waals surface area (Å²) in [6.07, 6.45) is 1.77. The number of pyridine rings is 1. The lowest BCUT2D eigenvalue weighted by Crippen LogP contribution is -2.22. The predicted molar refractivity (Wildman–Crippen MR) is 76.7 cm³/mol. The minimum absolute atomic E-state index is 0.203. The van der Waals surface area contributed by atoms with Crippen LogP contribution in [0.3, 0.4) is 0 Å². The second-order valence-electron chi connectivity index (χ2n) is 4.39. The van der Waals surface area contributed by atoms with Gasteiger partial charge in [0.15, 0.2) is 0 Å². The van der Waals surface area contributed by atoms with Gasteiger partial charge in [-0.15, -0.1) is 0 Å². The van der Waals surface area contributed by atoms with Crippen molar-refractivity contribution in [3.8, 4) is 17.3 Å². The van der Waals surface area contributed by atoms with E-state index >= 15 is 0 Å². The third kappa shape index (κ3) is 2.21. The molecule has 94 valence electrons. The first-order chi connectivity index (χ1) is 9.08. The molecule has 1 heterocycles. The van der Waals surface area contributed by atoms with E-state index in [9.17, 15) is 4.79 Å². The van der Waals surface area contributed by atoms with Gasteiger partial charge >= 0.3 is 0 Å². The third-order valence-electron chi connectivity index (χ3n) is 3.18. The van der Waals surface area contributed by atoms with Crippen molar-refractivity contribution < 1.29 is 0 Å². The highest BCUT2D eigenvalue weighted by atomic mass is 16.1. The maximum Gasteiger partial charge on any atom is 0.268 e. The van der Waals surface area contributed by atoms with Crippen LogP contribution in [-0.4, -0.2) is 4.57 Å². The van der Waals surface area contributed by atoms with E-state index in [0.29, 0.717) is 5.56 Å². The average molecular weight is 250 g/mol. The smallest absolute Gasteiger partial charge is 0.268 e. The molecule has 0 aliphatic heterocycles. The van der Waals surface area contributed by atoms with Crippen LogP contribution >= 0.6 is 0 Å². The minimum Gasteiger partial charge on any atom is -0.310 e. The number of hydrogen-bond acceptors (Lipinski definition) is 2. The third-order valence-corrected chi connectivity index (χ3v) is 3.18. The van der Waals surface area contributed by atoms with Crippen LogP contribution < -0.4 is 5.56 Å². The van der Waals surface area contributed by atoms with E-state index in [-0.39, 0.29) is 11.1 Å². The van der Waals surface area contributed by atoms with Gasteiger partial charge < -0.3 is 4.57 Å². The van der Waals surface area contributed by atoms with Gasteiger partial charge in [-0.3, -0.25) is 4.79 Å². The van der Waals surface area contributed by atoms with Crippen LogP contribution in [0.15, 0.2) is 41.7 Å². The molecule has 0 aliphatic carbocycles. The first-order valence-corrected chi connectivity index (χ1v) is 5.92. The highest BCUT2D eigenvalue weighted by Gasteiger charge is 2.10. The molecule has 0 amide bonds. The van der Waals surface area contributed by atoms with Crippen molar-refractivity contribution in [1.29, 1.82) is 5.26 Å². The fourth-order valence-corrected chi connectivity index (χ4v) is 2.02. The number of aryl methyl sites for hydroxylation is 1. The van der Waals surface area contributed by atoms with Crippen LogP contribution in [-0.2, 0) is 7.05 Å². The molecule has 0 radical (unpaired) electrons. The molecule has 3 heteroatoms. The van der Waals surface area contributed by atoms with Gasteiger partial charge in [-0.1, -0.05) is 36.9 Å². The van der Waals surface area contributed by atoms with E-state index in [0.717, 1.165) is 16.8 Å². The molecule has 0 aliphatic rings. The average Bonchev–Trinajstić information content (AvgIpc) is 2.43. The van der Waals surface area contributed by atoms with Gasteiger partial charge in [0.1, 0.15) is 11.6 Å². The summed E-state index contributed by atoms with van der Waals surface area (Å²) < 4.78 is 1.51. The van der Waals surface area contributed by atoms with Crippen molar-refractivity contribution in [2.24, 2.45) is 7.05 Å². The van der Waals surface area contributed by atoms with Crippen LogP contribution in [0.5, 0.6) is 0 Å². The Morgan fingerprint density at radius 2 is 1.95 bits per heavy atom. The predicted octanol–water partition coefficient (Wildman–Crippen LogP) is 2.88. The van der Waals surface area contributed by atoms with Gasteiger partial charge in [-0.05, 0) is 29.7 Å². The lowest BCUT2D eigenvalue weighted by Gasteiger charge is -2.11. The van der Waals surface area contributed by atoms with Crippen LogP contribution in [0.1, 0.15) is 16.7 Å². The number of benzene rings is 1. The molecule has 0 saturated heterocycles. The van der Waals surface area contributed by atoms with Crippen molar-refractivity contribution in [2.45, 2.75) is 6.92 Å². The normalized spacial score (nSPS) is 9.95. The Labute approximate surface area is 112 Å². The van der Waals surface area contributed by atoms with E-state index in [1.165, 1.54) is 4.57 Å². The fourth-order valence-electron chi connectivity index (χ4n) is 2.02. The van der Waals surface area contributed by atoms with E-state index in [1.54, 1.807) is 20.0 Å². The Bertz CT molecular complexity index is 731. The zero-order chi connectivity index (χ0) is 14.0. The van der Waals surface area contributed by atoms with Crippen LogP contribution in [0.25, 0.3) is 17.3 Å². The molecule has 2 rings (SSSR count). The number of nitriles is 1. The molecular weight excluding hydrogens is 236 g/mol. The molecule has 0 N–H and O–H groups in total. The quantitative estimate of drug-likeness (QED) is 0.822. The molecule has 3 nitrogen and oxygen atoms in total. The minimum atomic E-state index is -0.259. The maximum atomic E-state index is 12.1. The van der Waals surface area contributed by atoms with Crippen molar-refractivity contribution in [3.63, 3.8) is 0 Å². The second-order valence-corrected chi connectivity index (χ2v) is 4.39. The maximum absolute atomic E-state index is 12.1. The number of nitrogens with zero attached hydrogens (tertiary/aromatic N) is 2. The monoisotopic (exact) mass is 250 g/mol. The van der Waals surface area contributed by atoms with Gasteiger partial charge in [-0.2, -0.15) is 5.26 Å². The summed E-state index contributed by atoms with van der Waals surface area (Å²) in [7, 11) is 1.68. The molecule has 1 aromatic heterocycles. The molecule has 2 aromatic rings. The van der Waals surface area contributed by atoms with E-state index in [2.05, 4.69) is 6.58 Å². The van der Waals surface area contributed by atoms with Gasteiger partial charge in [0.25, 0.3) is 5.56 Å². The Kier molecular flexibility index (Phi) is 3.35. The molecule has 0 saturated carbocycles. The summed E-state index contributed by atoms with van der Waals surface area (Å²) in [5, 5.41) is 8.98. The van der Waals surface area contributed by atoms with Gasteiger partial charge in [0, 0.05) is 7.05 Å². The molecule has 0 unspecified atom stereocenters. The fraction of sp³-hybridized carbons (Fsp3) is 0.125. The molecule has 1 aromatic carbocycles. The molecular formula is C16H14N2O. The Hall–Kier alpha value is -2.60. The topological polar surface area (TPSA) is 45.8 Å². The van der Waals surface area contributed by atoms with Crippen LogP contribution in [0.2, 0.25) is 0 Å². The largest absolute Gasteiger partial charge is 0.310 e. The standard InChI is InChI=1S/C16H14N2O/c1-4-12-5-7-13(8-6-12)15-9-11(2)14(10-17)16(19)18(15)3/h4-9H,1H2,2-3H3. The highest BCUT2D eigenvalue weighted by Crippen LogP contribution is 2.20. The number of rotatable bonds is 2. The van der Waals surface area contributed by atoms with Crippen molar-refractivity contribution in [2.75, 3.05) is 0 Å². The van der Waals surface area contributed by atoms with Crippen LogP contribution in [0.4, 0.5) is 0 Å². The van der Waals surface area contributed by atoms with E-state index < -0.39 is 0 Å². The van der Waals surface area contributed by atoms with Gasteiger partial charge in [0.05, 0.1) is 5.69 Å². The summed E-state index contributed by atoms with van der Waals surface area (Å²) in [6.45, 7) is 5.49. The second kappa shape index (κ2) is 4.95. The lowest BCUT2D eigenvalue weighted by atomic mass is 10.0. The summed E-state index contributed by atoms with van der Waals surface area (Å²) in [5.74, 6) is 0. The molecule has 19 heavy (non-hydrogen) atoms. The van der Waals surface area contributed by atoms with Crippen molar-refractivity contribution in [1.82, 2.24) is 4.57 Å². The van der Waals surface area contributed by atoms with E-state index in [1.807, 2.05) is 36.4 Å². The Morgan fingerprint density at radius 3 is 2.47 bits per heavy atom. The summed E-state index contributed by atoms with van der Waals surface area (Å²) in [6, 6.07) is 11.6. The SMILES string of the molecule is C=Cc1ccc(-c2cc(C)c(C#N)c(=O)n2C)cc1. The zero-order valence-corrected chi connectivity index (χ0v) is 11.0. The van der Waals surface area contributed by atoms with Crippen molar-refractivity contribution in [3.05, 3.63) is 64.0 Å². The number of hydrogen-bond donors (Lipinski definition) is 0. The van der Waals surface area contributed by atoms with Crippen molar-refractivity contribution >= 4 is 6.08 Å². The summed E-state index contributed by atoms with van der Waals surface area (Å²) in [4.78, 5) is 12.1. The van der Waals surface area contributed by atoms with Gasteiger partial charge in [-0.25, -0.2) is 0 Å². The molecule has 0 fully saturated rings. The first-order valence-electron chi connectivity index (χ1n) is 5.92. The highest BCUT2D eigenvalue weighted by molar-refractivity contribution is 5.64. The number of aromatic nitrogens is 1. The Morgan fingerprint density at radius 1 is 1.32 bits per heavy atom. The van der Waals surface area contributed by atoms with Crippen LogP contribution in [0, 0.1) is 18.3 Å². The van der Waals surface area contributed by atoms with Gasteiger partial charge in [0.2, 0.25) is 0 Å². The summed E-state index contributed by atoms with van der Waals surface area (Å²) >= 11 is 0. The molecule has 0 bridgehead atoms. The zero-order valence-electron chi connectivity index (χ0n) is 11.0.